The normalized spacial score (nSPS) is 11.8. The van der Waals surface area contributed by atoms with Gasteiger partial charge in [0.15, 0.2) is 0 Å². The van der Waals surface area contributed by atoms with Crippen LogP contribution >= 0.6 is 0 Å². The lowest BCUT2D eigenvalue weighted by Gasteiger charge is -2.21. The number of nitrogens with zero attached hydrogens (tertiary/aromatic N) is 1. The van der Waals surface area contributed by atoms with Crippen LogP contribution in [0.15, 0.2) is 0 Å². The molecule has 0 rings (SSSR count). The molecule has 3 nitrogen and oxygen atoms in total. The summed E-state index contributed by atoms with van der Waals surface area (Å²) >= 11 is 0. The first-order valence-electron chi connectivity index (χ1n) is 6.35. The van der Waals surface area contributed by atoms with E-state index in [-0.39, 0.29) is 10.8 Å². The molecule has 0 saturated heterocycles. The van der Waals surface area contributed by atoms with Crippen molar-refractivity contribution in [2.45, 2.75) is 55.4 Å². The molecule has 0 aromatic carbocycles. The fraction of sp³-hybridized carbons (Fsp3) is 0.857. The van der Waals surface area contributed by atoms with Crippen LogP contribution < -0.4 is 4.67 Å². The first kappa shape index (κ1) is 16.1. The molecular formula is C14H28NO2+. The second kappa shape index (κ2) is 6.11. The highest BCUT2D eigenvalue weighted by Crippen LogP contribution is 2.27. The number of rotatable bonds is 2. The molecule has 0 spiro atoms. The van der Waals surface area contributed by atoms with E-state index in [2.05, 4.69) is 46.2 Å². The van der Waals surface area contributed by atoms with Crippen molar-refractivity contribution in [1.82, 2.24) is 4.67 Å². The summed E-state index contributed by atoms with van der Waals surface area (Å²) in [6, 6.07) is 0. The van der Waals surface area contributed by atoms with Crippen LogP contribution in [0.5, 0.6) is 0 Å². The molecule has 3 heteroatoms. The van der Waals surface area contributed by atoms with E-state index in [1.165, 1.54) is 0 Å². The molecule has 0 heterocycles. The number of ether oxygens (including phenoxy) is 2. The minimum Gasteiger partial charge on any atom is -0.401 e. The van der Waals surface area contributed by atoms with Gasteiger partial charge in [-0.1, -0.05) is 0 Å². The molecule has 0 aliphatic rings. The van der Waals surface area contributed by atoms with Gasteiger partial charge in [-0.25, -0.2) is 0 Å². The minimum absolute atomic E-state index is 0.00228. The molecular weight excluding hydrogens is 214 g/mol. The van der Waals surface area contributed by atoms with Gasteiger partial charge in [0.2, 0.25) is 0 Å². The lowest BCUT2D eigenvalue weighted by Crippen LogP contribution is -2.36. The van der Waals surface area contributed by atoms with Crippen LogP contribution in [0.3, 0.4) is 0 Å². The van der Waals surface area contributed by atoms with Crippen molar-refractivity contribution in [1.29, 1.82) is 0 Å². The van der Waals surface area contributed by atoms with Crippen LogP contribution in [0.1, 0.15) is 55.4 Å². The molecule has 0 atom stereocenters. The molecule has 0 unspecified atom stereocenters. The molecule has 0 aliphatic heterocycles. The molecule has 17 heavy (non-hydrogen) atoms. The summed E-state index contributed by atoms with van der Waals surface area (Å²) < 4.78 is 15.4. The topological polar surface area (TPSA) is 32.6 Å². The summed E-state index contributed by atoms with van der Waals surface area (Å²) in [4.78, 5) is 0. The van der Waals surface area contributed by atoms with Crippen LogP contribution in [0, 0.1) is 10.8 Å². The SMILES string of the molecule is CCOC(=[N+]=C(C(C)(C)C)C(C)(C)C)OCC. The summed E-state index contributed by atoms with van der Waals surface area (Å²) in [5.41, 5.74) is 1.08. The van der Waals surface area contributed by atoms with Crippen LogP contribution in [0.25, 0.3) is 0 Å². The maximum absolute atomic E-state index is 5.41. The van der Waals surface area contributed by atoms with Gasteiger partial charge < -0.3 is 9.47 Å². The third kappa shape index (κ3) is 5.78. The zero-order chi connectivity index (χ0) is 13.7. The quantitative estimate of drug-likeness (QED) is 0.423. The Hall–Kier alpha value is -0.950. The smallest absolute Gasteiger partial charge is 0.401 e. The summed E-state index contributed by atoms with van der Waals surface area (Å²) in [5, 5.41) is 0. The van der Waals surface area contributed by atoms with Gasteiger partial charge in [0.05, 0.1) is 24.0 Å². The van der Waals surface area contributed by atoms with Crippen LogP contribution in [-0.2, 0) is 9.47 Å². The second-order valence-corrected chi connectivity index (χ2v) is 6.09. The standard InChI is InChI=1S/C14H28NO2/c1-9-16-12(17-10-2)15-11(13(3,4)5)14(6,7)8/h9-10H2,1-8H3/q+1. The van der Waals surface area contributed by atoms with Gasteiger partial charge in [0, 0.05) is 0 Å². The van der Waals surface area contributed by atoms with Crippen LogP contribution in [0.4, 0.5) is 0 Å². The molecule has 0 fully saturated rings. The van der Waals surface area contributed by atoms with Crippen molar-refractivity contribution in [3.63, 3.8) is 0 Å². The zero-order valence-electron chi connectivity index (χ0n) is 12.7. The molecule has 0 N–H and O–H groups in total. The fourth-order valence-electron chi connectivity index (χ4n) is 1.90. The average molecular weight is 242 g/mol. The van der Waals surface area contributed by atoms with Crippen molar-refractivity contribution >= 4 is 11.8 Å². The summed E-state index contributed by atoms with van der Waals surface area (Å²) in [6.07, 6.45) is 0.384. The number of hydrogen-bond donors (Lipinski definition) is 0. The van der Waals surface area contributed by atoms with Crippen molar-refractivity contribution in [2.24, 2.45) is 10.8 Å². The van der Waals surface area contributed by atoms with Crippen molar-refractivity contribution < 1.29 is 9.47 Å². The minimum atomic E-state index is -0.00228. The Morgan fingerprint density at radius 3 is 1.41 bits per heavy atom. The lowest BCUT2D eigenvalue weighted by molar-refractivity contribution is 0.180. The highest BCUT2D eigenvalue weighted by molar-refractivity contribution is 5.95. The highest BCUT2D eigenvalue weighted by atomic mass is 16.7. The molecule has 0 aliphatic carbocycles. The second-order valence-electron chi connectivity index (χ2n) is 6.09. The van der Waals surface area contributed by atoms with E-state index in [1.807, 2.05) is 13.8 Å². The highest BCUT2D eigenvalue weighted by Gasteiger charge is 2.40. The number of hydrogen-bond acceptors (Lipinski definition) is 2. The first-order valence-corrected chi connectivity index (χ1v) is 6.35. The average Bonchev–Trinajstić information content (AvgIpc) is 2.10. The Morgan fingerprint density at radius 2 is 1.18 bits per heavy atom. The Labute approximate surface area is 106 Å². The summed E-state index contributed by atoms with van der Waals surface area (Å²) in [5.74, 6) is 0. The van der Waals surface area contributed by atoms with Crippen molar-refractivity contribution in [3.05, 3.63) is 0 Å². The fourth-order valence-corrected chi connectivity index (χ4v) is 1.90. The van der Waals surface area contributed by atoms with Crippen LogP contribution in [-0.4, -0.2) is 25.0 Å². The lowest BCUT2D eigenvalue weighted by atomic mass is 9.75. The van der Waals surface area contributed by atoms with E-state index in [1.54, 1.807) is 0 Å². The van der Waals surface area contributed by atoms with Crippen molar-refractivity contribution in [3.8, 4) is 0 Å². The summed E-state index contributed by atoms with van der Waals surface area (Å²) in [7, 11) is 0. The maximum atomic E-state index is 5.41. The van der Waals surface area contributed by atoms with E-state index >= 15 is 0 Å². The first-order chi connectivity index (χ1) is 7.62. The van der Waals surface area contributed by atoms with Crippen LogP contribution in [0.2, 0.25) is 0 Å². The van der Waals surface area contributed by atoms with Gasteiger partial charge in [-0.3, -0.25) is 0 Å². The molecule has 0 radical (unpaired) electrons. The molecule has 100 valence electrons. The Morgan fingerprint density at radius 1 is 0.824 bits per heavy atom. The maximum Gasteiger partial charge on any atom is 0.675 e. The zero-order valence-corrected chi connectivity index (χ0v) is 12.7. The predicted octanol–water partition coefficient (Wildman–Crippen LogP) is 3.02. The monoisotopic (exact) mass is 242 g/mol. The van der Waals surface area contributed by atoms with Gasteiger partial charge in [-0.15, -0.1) is 0 Å². The van der Waals surface area contributed by atoms with Gasteiger partial charge >= 0.3 is 11.8 Å². The van der Waals surface area contributed by atoms with E-state index in [0.29, 0.717) is 19.3 Å². The van der Waals surface area contributed by atoms with Gasteiger partial charge in [-0.05, 0) is 60.1 Å². The molecule has 0 saturated carbocycles. The molecule has 0 amide bonds. The Bertz CT molecular complexity index is 275. The van der Waals surface area contributed by atoms with E-state index < -0.39 is 0 Å². The van der Waals surface area contributed by atoms with E-state index in [4.69, 9.17) is 9.47 Å². The Balaban J connectivity index is 5.60. The van der Waals surface area contributed by atoms with Gasteiger partial charge in [-0.2, -0.15) is 0 Å². The largest absolute Gasteiger partial charge is 0.675 e. The van der Waals surface area contributed by atoms with Gasteiger partial charge in [0.25, 0.3) is 0 Å². The summed E-state index contributed by atoms with van der Waals surface area (Å²) in [6.45, 7) is 18.0. The van der Waals surface area contributed by atoms with E-state index in [9.17, 15) is 0 Å². The third-order valence-corrected chi connectivity index (χ3v) is 2.16. The third-order valence-electron chi connectivity index (χ3n) is 2.16. The molecule has 0 bridgehead atoms. The molecule has 0 aromatic heterocycles. The van der Waals surface area contributed by atoms with E-state index in [0.717, 1.165) is 5.71 Å². The predicted molar refractivity (Wildman–Crippen MR) is 74.3 cm³/mol. The van der Waals surface area contributed by atoms with Gasteiger partial charge in [0.1, 0.15) is 0 Å². The molecule has 0 aromatic rings. The Kier molecular flexibility index (Phi) is 5.77. The van der Waals surface area contributed by atoms with Crippen molar-refractivity contribution in [2.75, 3.05) is 13.2 Å².